The molecular formula is C12H26N2O. The third kappa shape index (κ3) is 5.50. The first kappa shape index (κ1) is 12.9. The second-order valence-electron chi connectivity index (χ2n) is 4.51. The van der Waals surface area contributed by atoms with Gasteiger partial charge in [-0.15, -0.1) is 0 Å². The number of ether oxygens (including phenoxy) is 1. The average molecular weight is 214 g/mol. The van der Waals surface area contributed by atoms with Gasteiger partial charge >= 0.3 is 0 Å². The molecule has 1 unspecified atom stereocenters. The Morgan fingerprint density at radius 3 is 3.07 bits per heavy atom. The molecule has 90 valence electrons. The van der Waals surface area contributed by atoms with Crippen LogP contribution >= 0.6 is 0 Å². The normalized spacial score (nSPS) is 23.2. The van der Waals surface area contributed by atoms with Gasteiger partial charge in [0.1, 0.15) is 0 Å². The van der Waals surface area contributed by atoms with E-state index in [9.17, 15) is 0 Å². The maximum absolute atomic E-state index is 5.12. The van der Waals surface area contributed by atoms with Crippen LogP contribution in [0.5, 0.6) is 0 Å². The highest BCUT2D eigenvalue weighted by Gasteiger charge is 2.18. The largest absolute Gasteiger partial charge is 0.383 e. The minimum absolute atomic E-state index is 0.849. The van der Waals surface area contributed by atoms with Crippen molar-refractivity contribution < 1.29 is 4.74 Å². The van der Waals surface area contributed by atoms with Gasteiger partial charge in [0.05, 0.1) is 6.61 Å². The summed E-state index contributed by atoms with van der Waals surface area (Å²) in [5, 5.41) is 3.52. The quantitative estimate of drug-likeness (QED) is 0.647. The van der Waals surface area contributed by atoms with Crippen molar-refractivity contribution in [3.05, 3.63) is 0 Å². The van der Waals surface area contributed by atoms with Crippen LogP contribution in [0.15, 0.2) is 0 Å². The molecule has 0 amide bonds. The molecule has 1 fully saturated rings. The van der Waals surface area contributed by atoms with E-state index in [-0.39, 0.29) is 0 Å². The molecule has 0 aromatic carbocycles. The Kier molecular flexibility index (Phi) is 6.98. The van der Waals surface area contributed by atoms with Crippen LogP contribution in [0.25, 0.3) is 0 Å². The fourth-order valence-corrected chi connectivity index (χ4v) is 2.22. The van der Waals surface area contributed by atoms with Gasteiger partial charge in [0.2, 0.25) is 0 Å². The molecule has 0 aromatic heterocycles. The van der Waals surface area contributed by atoms with Gasteiger partial charge in [0.15, 0.2) is 0 Å². The number of hydrogen-bond donors (Lipinski definition) is 1. The van der Waals surface area contributed by atoms with E-state index in [1.807, 2.05) is 0 Å². The maximum Gasteiger partial charge on any atom is 0.0589 e. The lowest BCUT2D eigenvalue weighted by molar-refractivity contribution is 0.114. The van der Waals surface area contributed by atoms with Gasteiger partial charge in [-0.05, 0) is 44.8 Å². The first-order valence-electron chi connectivity index (χ1n) is 6.28. The summed E-state index contributed by atoms with van der Waals surface area (Å²) in [7, 11) is 1.78. The van der Waals surface area contributed by atoms with Crippen molar-refractivity contribution in [3.8, 4) is 0 Å². The zero-order valence-electron chi connectivity index (χ0n) is 10.3. The minimum Gasteiger partial charge on any atom is -0.383 e. The summed E-state index contributed by atoms with van der Waals surface area (Å²) in [6.07, 6.45) is 3.97. The van der Waals surface area contributed by atoms with Crippen LogP contribution < -0.4 is 5.32 Å². The highest BCUT2D eigenvalue weighted by atomic mass is 16.5. The van der Waals surface area contributed by atoms with E-state index in [4.69, 9.17) is 4.74 Å². The first-order chi connectivity index (χ1) is 7.36. The Morgan fingerprint density at radius 2 is 2.33 bits per heavy atom. The summed E-state index contributed by atoms with van der Waals surface area (Å²) >= 11 is 0. The number of methoxy groups -OCH3 is 1. The number of piperidine rings is 1. The van der Waals surface area contributed by atoms with Crippen LogP contribution in [0.1, 0.15) is 26.2 Å². The molecule has 1 saturated heterocycles. The van der Waals surface area contributed by atoms with E-state index in [0.29, 0.717) is 0 Å². The molecule has 3 heteroatoms. The molecule has 0 aliphatic carbocycles. The SMILES string of the molecule is CCCNCC1CCCN(CCOC)C1. The van der Waals surface area contributed by atoms with Gasteiger partial charge in [-0.2, -0.15) is 0 Å². The third-order valence-corrected chi connectivity index (χ3v) is 3.07. The molecule has 0 aromatic rings. The van der Waals surface area contributed by atoms with Gasteiger partial charge < -0.3 is 15.0 Å². The Bertz CT molecular complexity index is 153. The lowest BCUT2D eigenvalue weighted by atomic mass is 9.98. The summed E-state index contributed by atoms with van der Waals surface area (Å²) in [6.45, 7) is 9.05. The number of nitrogens with one attached hydrogen (secondary N) is 1. The molecule has 0 spiro atoms. The van der Waals surface area contributed by atoms with Gasteiger partial charge in [-0.1, -0.05) is 6.92 Å². The third-order valence-electron chi connectivity index (χ3n) is 3.07. The van der Waals surface area contributed by atoms with Gasteiger partial charge in [-0.25, -0.2) is 0 Å². The van der Waals surface area contributed by atoms with Gasteiger partial charge in [0.25, 0.3) is 0 Å². The van der Waals surface area contributed by atoms with Crippen molar-refractivity contribution in [2.24, 2.45) is 5.92 Å². The molecule has 0 saturated carbocycles. The number of likely N-dealkylation sites (tertiary alicyclic amines) is 1. The number of hydrogen-bond acceptors (Lipinski definition) is 3. The number of nitrogens with zero attached hydrogens (tertiary/aromatic N) is 1. The monoisotopic (exact) mass is 214 g/mol. The molecule has 0 bridgehead atoms. The molecular weight excluding hydrogens is 188 g/mol. The number of rotatable bonds is 7. The lowest BCUT2D eigenvalue weighted by Crippen LogP contribution is -2.41. The molecule has 1 heterocycles. The van der Waals surface area contributed by atoms with E-state index in [0.717, 1.165) is 25.6 Å². The summed E-state index contributed by atoms with van der Waals surface area (Å²) in [5.74, 6) is 0.849. The van der Waals surface area contributed by atoms with Crippen LogP contribution in [0.3, 0.4) is 0 Å². The van der Waals surface area contributed by atoms with Crippen molar-refractivity contribution >= 4 is 0 Å². The maximum atomic E-state index is 5.12. The van der Waals surface area contributed by atoms with Crippen LogP contribution in [0.4, 0.5) is 0 Å². The zero-order valence-corrected chi connectivity index (χ0v) is 10.3. The summed E-state index contributed by atoms with van der Waals surface area (Å²) < 4.78 is 5.12. The Morgan fingerprint density at radius 1 is 1.47 bits per heavy atom. The Labute approximate surface area is 94.2 Å². The second kappa shape index (κ2) is 8.08. The van der Waals surface area contributed by atoms with Crippen molar-refractivity contribution in [2.45, 2.75) is 26.2 Å². The van der Waals surface area contributed by atoms with Gasteiger partial charge in [0, 0.05) is 20.2 Å². The fraction of sp³-hybridized carbons (Fsp3) is 1.00. The fourth-order valence-electron chi connectivity index (χ4n) is 2.22. The summed E-state index contributed by atoms with van der Waals surface area (Å²) in [5.41, 5.74) is 0. The molecule has 1 rings (SSSR count). The molecule has 1 aliphatic heterocycles. The van der Waals surface area contributed by atoms with Crippen LogP contribution in [-0.2, 0) is 4.74 Å². The summed E-state index contributed by atoms with van der Waals surface area (Å²) in [4.78, 5) is 2.53. The lowest BCUT2D eigenvalue weighted by Gasteiger charge is -2.32. The predicted octanol–water partition coefficient (Wildman–Crippen LogP) is 1.34. The molecule has 1 atom stereocenters. The highest BCUT2D eigenvalue weighted by Crippen LogP contribution is 2.15. The van der Waals surface area contributed by atoms with Crippen LogP contribution in [0, 0.1) is 5.92 Å². The van der Waals surface area contributed by atoms with Crippen LogP contribution in [-0.4, -0.2) is 51.3 Å². The first-order valence-corrected chi connectivity index (χ1v) is 6.28. The van der Waals surface area contributed by atoms with E-state index < -0.39 is 0 Å². The Balaban J connectivity index is 2.11. The average Bonchev–Trinajstić information content (AvgIpc) is 2.27. The van der Waals surface area contributed by atoms with Crippen molar-refractivity contribution in [3.63, 3.8) is 0 Å². The van der Waals surface area contributed by atoms with E-state index >= 15 is 0 Å². The zero-order chi connectivity index (χ0) is 10.9. The van der Waals surface area contributed by atoms with Gasteiger partial charge in [-0.3, -0.25) is 0 Å². The minimum atomic E-state index is 0.849. The second-order valence-corrected chi connectivity index (χ2v) is 4.51. The van der Waals surface area contributed by atoms with E-state index in [2.05, 4.69) is 17.1 Å². The smallest absolute Gasteiger partial charge is 0.0589 e. The standard InChI is InChI=1S/C12H26N2O/c1-3-6-13-10-12-5-4-7-14(11-12)8-9-15-2/h12-13H,3-11H2,1-2H3. The molecule has 0 radical (unpaired) electrons. The molecule has 15 heavy (non-hydrogen) atoms. The molecule has 1 N–H and O–H groups in total. The highest BCUT2D eigenvalue weighted by molar-refractivity contribution is 4.74. The topological polar surface area (TPSA) is 24.5 Å². The Hall–Kier alpha value is -0.120. The van der Waals surface area contributed by atoms with Crippen molar-refractivity contribution in [1.82, 2.24) is 10.2 Å². The van der Waals surface area contributed by atoms with Crippen molar-refractivity contribution in [1.29, 1.82) is 0 Å². The molecule has 3 nitrogen and oxygen atoms in total. The molecule has 1 aliphatic rings. The van der Waals surface area contributed by atoms with Crippen LogP contribution in [0.2, 0.25) is 0 Å². The van der Waals surface area contributed by atoms with E-state index in [1.165, 1.54) is 38.9 Å². The van der Waals surface area contributed by atoms with Crippen molar-refractivity contribution in [2.75, 3.05) is 46.4 Å². The van der Waals surface area contributed by atoms with E-state index in [1.54, 1.807) is 7.11 Å². The predicted molar refractivity (Wildman–Crippen MR) is 64.2 cm³/mol. The summed E-state index contributed by atoms with van der Waals surface area (Å²) in [6, 6.07) is 0.